The number of rotatable bonds is 25. The average molecular weight is 2170 g/mol. The van der Waals surface area contributed by atoms with Gasteiger partial charge in [-0.3, -0.25) is 14.7 Å². The Morgan fingerprint density at radius 1 is 0.306 bits per heavy atom. The first kappa shape index (κ1) is 116. The van der Waals surface area contributed by atoms with Crippen LogP contribution in [0.15, 0.2) is 255 Å². The summed E-state index contributed by atoms with van der Waals surface area (Å²) in [6, 6.07) is 67.7. The van der Waals surface area contributed by atoms with Crippen molar-refractivity contribution >= 4 is 109 Å². The second kappa shape index (κ2) is 52.7. The van der Waals surface area contributed by atoms with E-state index >= 15 is 0 Å². The van der Waals surface area contributed by atoms with Crippen LogP contribution in [0.25, 0.3) is 0 Å². The molecule has 0 aromatic heterocycles. The van der Waals surface area contributed by atoms with Crippen molar-refractivity contribution in [2.24, 2.45) is 0 Å². The molecule has 2 atom stereocenters. The second-order valence-corrected chi connectivity index (χ2v) is 53.8. The van der Waals surface area contributed by atoms with Gasteiger partial charge in [0.15, 0.2) is 0 Å². The van der Waals surface area contributed by atoms with E-state index < -0.39 is 50.1 Å². The van der Waals surface area contributed by atoms with Crippen LogP contribution in [0.2, 0.25) is 0 Å². The number of nitrogens with zero attached hydrogens (tertiary/aromatic N) is 14. The Bertz CT molecular complexity index is 7040. The summed E-state index contributed by atoms with van der Waals surface area (Å²) in [6.45, 7) is 43.5. The smallest absolute Gasteiger partial charge is 0.244 e. The molecular weight excluding hydrogens is 2040 g/mol. The highest BCUT2D eigenvalue weighted by Crippen LogP contribution is 2.45. The van der Waals surface area contributed by atoms with E-state index in [1.807, 2.05) is 133 Å². The highest BCUT2D eigenvalue weighted by molar-refractivity contribution is 8.01. The molecule has 5 aliphatic heterocycles. The number of likely N-dealkylation sites (N-methyl/N-ethyl adjacent to an activating group) is 1. The molecule has 6 aliphatic rings. The first-order valence-corrected chi connectivity index (χ1v) is 61.3. The zero-order chi connectivity index (χ0) is 107. The Labute approximate surface area is 896 Å². The van der Waals surface area contributed by atoms with E-state index in [1.165, 1.54) is 119 Å². The molecule has 0 bridgehead atoms. The van der Waals surface area contributed by atoms with Crippen LogP contribution in [-0.2, 0) is 50.1 Å². The normalized spacial score (nSPS) is 17.6. The Hall–Kier alpha value is -9.25. The molecule has 0 amide bonds. The van der Waals surface area contributed by atoms with Crippen LogP contribution >= 0.6 is 58.8 Å². The number of hydrogen-bond acceptors (Lipinski definition) is 25. The van der Waals surface area contributed by atoms with Crippen LogP contribution in [0.5, 0.6) is 0 Å². The largest absolute Gasteiger partial charge is 0.309 e. The zero-order valence-corrected chi connectivity index (χ0v) is 95.5. The molecule has 2 unspecified atom stereocenters. The summed E-state index contributed by atoms with van der Waals surface area (Å²) in [6.07, 6.45) is 7.97. The van der Waals surface area contributed by atoms with Crippen molar-refractivity contribution in [1.82, 2.24) is 46.4 Å². The maximum absolute atomic E-state index is 13.6. The number of hydrogen-bond donors (Lipinski definition) is 1. The minimum atomic E-state index is -3.71. The highest BCUT2D eigenvalue weighted by atomic mass is 32.2. The first-order valence-electron chi connectivity index (χ1n) is 50.1. The van der Waals surface area contributed by atoms with Crippen molar-refractivity contribution in [2.75, 3.05) is 125 Å². The number of benzene rings is 10. The van der Waals surface area contributed by atoms with Gasteiger partial charge in [-0.2, -0.15) is 47.8 Å². The molecule has 5 saturated heterocycles. The predicted molar refractivity (Wildman–Crippen MR) is 590 cm³/mol. The molecule has 25 nitrogen and oxygen atoms in total. The topological polar surface area (TPSA) is 331 Å². The number of sulfonamides is 5. The Balaban J connectivity index is 0.000000163. The molecule has 780 valence electrons. The van der Waals surface area contributed by atoms with Gasteiger partial charge in [0.2, 0.25) is 50.1 Å². The molecule has 16 rings (SSSR count). The van der Waals surface area contributed by atoms with Gasteiger partial charge in [-0.25, -0.2) is 42.1 Å². The van der Waals surface area contributed by atoms with Crippen molar-refractivity contribution < 1.29 is 42.1 Å². The number of nitriles is 5. The molecule has 5 heterocycles. The minimum Gasteiger partial charge on any atom is -0.309 e. The summed E-state index contributed by atoms with van der Waals surface area (Å²) in [4.78, 5) is 18.8. The molecule has 10 aromatic rings. The fraction of sp³-hybridized carbons (Fsp3) is 0.420. The lowest BCUT2D eigenvalue weighted by atomic mass is 10.1. The van der Waals surface area contributed by atoms with Gasteiger partial charge in [-0.15, -0.1) is 0 Å². The van der Waals surface area contributed by atoms with E-state index in [0.717, 1.165) is 132 Å². The van der Waals surface area contributed by atoms with Crippen molar-refractivity contribution in [3.05, 3.63) is 265 Å². The van der Waals surface area contributed by atoms with Gasteiger partial charge in [0.25, 0.3) is 0 Å². The molecular formula is C112H137N15O10S10. The van der Waals surface area contributed by atoms with E-state index in [-0.39, 0.29) is 36.6 Å². The third-order valence-electron chi connectivity index (χ3n) is 27.3. The van der Waals surface area contributed by atoms with Crippen LogP contribution in [-0.4, -0.2) is 238 Å². The minimum absolute atomic E-state index is 0.0767. The molecule has 0 spiro atoms. The van der Waals surface area contributed by atoms with Gasteiger partial charge in [0, 0.05) is 190 Å². The summed E-state index contributed by atoms with van der Waals surface area (Å²) in [5, 5.41) is 50.1. The summed E-state index contributed by atoms with van der Waals surface area (Å²) >= 11 is 7.24. The Kier molecular flexibility index (Phi) is 41.7. The van der Waals surface area contributed by atoms with E-state index in [2.05, 4.69) is 131 Å². The maximum Gasteiger partial charge on any atom is 0.244 e. The van der Waals surface area contributed by atoms with Gasteiger partial charge >= 0.3 is 0 Å². The van der Waals surface area contributed by atoms with Gasteiger partial charge in [0.05, 0.1) is 82.6 Å². The quantitative estimate of drug-likeness (QED) is 0.0555. The predicted octanol–water partition coefficient (Wildman–Crippen LogP) is 20.8. The van der Waals surface area contributed by atoms with Gasteiger partial charge in [0.1, 0.15) is 0 Å². The molecule has 6 fully saturated rings. The molecule has 147 heavy (non-hydrogen) atoms. The molecule has 1 N–H and O–H groups in total. The molecule has 35 heteroatoms. The average Bonchev–Trinajstić information content (AvgIpc) is 0.808. The lowest BCUT2D eigenvalue weighted by Crippen LogP contribution is -2.55. The van der Waals surface area contributed by atoms with Crippen molar-refractivity contribution in [3.63, 3.8) is 0 Å². The third-order valence-corrected chi connectivity index (χ3v) is 43.8. The first-order chi connectivity index (χ1) is 69.9. The standard InChI is InChI=1S/C24H29N3O2S2.C24H31N3O2S2.C22H27N3O2S2.2C21H25N3O2S2/c1-18-7-8-19(2)23(15-18)30-22-10-9-20(17-25)16-24(22)31(28,29)27-13-11-26(12-14-27)21-5-3-4-6-21;1-5-21(6-2)26-11-13-27(14-12-26)31(28,29)24-16-20(17-25)9-10-22(24)30-23-15-18(3)7-8-19(23)4;1-16(2)24-9-11-25(12-10-24)29(26,27)22-14-19(15-23)7-8-20(22)28-21-13-17(3)5-6-18(21)4;1-14-5-6-15(2)20(9-14)27-19-8-7-18(11-22)10-21(19)28(25,26)24-12-16(3)23-17(4)13-24;1-16-5-6-17(2)20(13-16)27-19-8-7-18(15-22)14-21(19)28(25,26)24-10-4-9-23(3)11-12-24/h7-10,15-16,21H,3-6,11-14H2,1-2H3;7-10,15-16,21H,5-6,11-14H2,1-4H3;5-8,13-14,16H,9-12H2,1-4H3;5-10,16-17,23H,12-13H2,1-4H3;5-8,13-14H,4,9-12H2,1-3H3. The molecule has 1 aliphatic carbocycles. The SMILES string of the molecule is CCC(CC)N1CCN(S(=O)(=O)c2cc(C#N)ccc2Sc2cc(C)ccc2C)CC1.Cc1ccc(C)c(Sc2ccc(C#N)cc2S(=O)(=O)N2CC(C)NC(C)C2)c1.Cc1ccc(C)c(Sc2ccc(C#N)cc2S(=O)(=O)N2CCCN(C)CC2)c1.Cc1ccc(C)c(Sc2ccc(C#N)cc2S(=O)(=O)N2CCN(C(C)C)CC2)c1.Cc1ccc(C)c(Sc2ccc(C#N)cc2S(=O)(=O)N2CCN(C3CCCC3)CC2)c1. The fourth-order valence-electron chi connectivity index (χ4n) is 18.6. The van der Waals surface area contributed by atoms with E-state index in [0.29, 0.717) is 156 Å². The summed E-state index contributed by atoms with van der Waals surface area (Å²) in [5.41, 5.74) is 12.9. The van der Waals surface area contributed by atoms with Crippen molar-refractivity contribution in [1.29, 1.82) is 26.3 Å². The fourth-order valence-corrected chi connectivity index (χ4v) is 33.7. The van der Waals surface area contributed by atoms with Crippen molar-refractivity contribution in [2.45, 2.75) is 259 Å². The summed E-state index contributed by atoms with van der Waals surface area (Å²) in [7, 11) is -16.4. The number of piperazine rings is 4. The van der Waals surface area contributed by atoms with E-state index in [9.17, 15) is 68.4 Å². The number of aryl methyl sites for hydroxylation is 10. The lowest BCUT2D eigenvalue weighted by Gasteiger charge is -2.38. The summed E-state index contributed by atoms with van der Waals surface area (Å²) in [5.74, 6) is 0. The maximum atomic E-state index is 13.6. The Morgan fingerprint density at radius 2 is 0.558 bits per heavy atom. The van der Waals surface area contributed by atoms with Gasteiger partial charge in [-0.1, -0.05) is 146 Å². The highest BCUT2D eigenvalue weighted by Gasteiger charge is 2.40. The molecule has 0 radical (unpaired) electrons. The summed E-state index contributed by atoms with van der Waals surface area (Å²) < 4.78 is 143. The van der Waals surface area contributed by atoms with Gasteiger partial charge < -0.3 is 10.2 Å². The number of nitrogens with one attached hydrogen (secondary N) is 1. The van der Waals surface area contributed by atoms with Crippen LogP contribution in [0.4, 0.5) is 0 Å². The molecule has 10 aromatic carbocycles. The van der Waals surface area contributed by atoms with E-state index in [4.69, 9.17) is 0 Å². The van der Waals surface area contributed by atoms with E-state index in [1.54, 1.807) is 77.9 Å². The van der Waals surface area contributed by atoms with Crippen LogP contribution < -0.4 is 5.32 Å². The third kappa shape index (κ3) is 30.2. The second-order valence-electron chi connectivity index (χ2n) is 38.9. The van der Waals surface area contributed by atoms with Crippen LogP contribution in [0, 0.1) is 126 Å². The zero-order valence-electron chi connectivity index (χ0n) is 87.3. The Morgan fingerprint density at radius 3 is 0.823 bits per heavy atom. The molecule has 1 saturated carbocycles. The van der Waals surface area contributed by atoms with Crippen molar-refractivity contribution in [3.8, 4) is 30.3 Å². The monoisotopic (exact) mass is 2170 g/mol. The van der Waals surface area contributed by atoms with Crippen LogP contribution in [0.1, 0.15) is 170 Å². The van der Waals surface area contributed by atoms with Crippen LogP contribution in [0.3, 0.4) is 0 Å². The lowest BCUT2D eigenvalue weighted by molar-refractivity contribution is 0.130. The van der Waals surface area contributed by atoms with Gasteiger partial charge in [-0.05, 0) is 320 Å².